The van der Waals surface area contributed by atoms with E-state index in [-0.39, 0.29) is 17.0 Å². The molecule has 2 aromatic carbocycles. The summed E-state index contributed by atoms with van der Waals surface area (Å²) < 4.78 is 1.44. The molecule has 0 fully saturated rings. The number of allylic oxidation sites excluding steroid dienone is 2. The number of para-hydroxylation sites is 1. The summed E-state index contributed by atoms with van der Waals surface area (Å²) in [5, 5.41) is 17.7. The number of non-ortho nitro benzene ring substituents is 1. The van der Waals surface area contributed by atoms with Crippen LogP contribution in [0.1, 0.15) is 36.3 Å². The number of Topliss-reactive ketones (excluding diaryl/α,β-unsaturated/α-hetero) is 1. The van der Waals surface area contributed by atoms with Crippen molar-refractivity contribution in [3.05, 3.63) is 97.5 Å². The lowest BCUT2D eigenvalue weighted by molar-refractivity contribution is -0.384. The highest BCUT2D eigenvalue weighted by Crippen LogP contribution is 2.44. The number of benzene rings is 2. The van der Waals surface area contributed by atoms with E-state index in [9.17, 15) is 19.7 Å². The van der Waals surface area contributed by atoms with Crippen molar-refractivity contribution in [3.63, 3.8) is 0 Å². The molecule has 0 amide bonds. The lowest BCUT2D eigenvalue weighted by Gasteiger charge is -2.31. The number of nitro benzene ring substituents is 1. The highest BCUT2D eigenvalue weighted by Gasteiger charge is 2.39. The van der Waals surface area contributed by atoms with Crippen LogP contribution in [-0.2, 0) is 4.79 Å². The number of hydrogen-bond acceptors (Lipinski definition) is 5. The van der Waals surface area contributed by atoms with Crippen LogP contribution in [0.3, 0.4) is 0 Å². The summed E-state index contributed by atoms with van der Waals surface area (Å²) in [6.07, 6.45) is 1.81. The van der Waals surface area contributed by atoms with Gasteiger partial charge in [-0.1, -0.05) is 30.3 Å². The van der Waals surface area contributed by atoms with Gasteiger partial charge in [-0.25, -0.2) is 4.68 Å². The number of hydrogen-bond donors (Lipinski definition) is 2. The second-order valence-electron chi connectivity index (χ2n) is 7.46. The van der Waals surface area contributed by atoms with Crippen molar-refractivity contribution in [2.24, 2.45) is 0 Å². The number of aromatic nitrogens is 2. The number of fused-ring (bicyclic) bond motifs is 1. The number of rotatable bonds is 3. The highest BCUT2D eigenvalue weighted by molar-refractivity contribution is 6.01. The molecule has 1 aromatic heterocycles. The van der Waals surface area contributed by atoms with Gasteiger partial charge < -0.3 is 5.32 Å². The molecule has 8 nitrogen and oxygen atoms in total. The van der Waals surface area contributed by atoms with Crippen molar-refractivity contribution in [1.82, 2.24) is 9.78 Å². The van der Waals surface area contributed by atoms with Crippen molar-refractivity contribution < 1.29 is 9.72 Å². The zero-order chi connectivity index (χ0) is 20.8. The molecule has 1 aliphatic heterocycles. The summed E-state index contributed by atoms with van der Waals surface area (Å²) >= 11 is 0. The van der Waals surface area contributed by atoms with E-state index < -0.39 is 10.8 Å². The third kappa shape index (κ3) is 2.76. The normalized spacial score (nSPS) is 17.9. The van der Waals surface area contributed by atoms with Crippen LogP contribution in [0.15, 0.2) is 70.7 Å². The fraction of sp³-hybridized carbons (Fsp3) is 0.182. The number of aromatic amines is 1. The van der Waals surface area contributed by atoms with Crippen molar-refractivity contribution in [3.8, 4) is 5.69 Å². The van der Waals surface area contributed by atoms with Crippen molar-refractivity contribution in [2.45, 2.75) is 25.2 Å². The van der Waals surface area contributed by atoms with Gasteiger partial charge in [0.25, 0.3) is 11.2 Å². The Bertz CT molecular complexity index is 1270. The first-order valence-electron chi connectivity index (χ1n) is 9.72. The van der Waals surface area contributed by atoms with Crippen molar-refractivity contribution in [2.75, 3.05) is 5.32 Å². The van der Waals surface area contributed by atoms with Crippen LogP contribution in [0, 0.1) is 10.1 Å². The second kappa shape index (κ2) is 6.84. The van der Waals surface area contributed by atoms with Gasteiger partial charge in [0.15, 0.2) is 5.78 Å². The first kappa shape index (κ1) is 18.1. The van der Waals surface area contributed by atoms with Gasteiger partial charge in [0.2, 0.25) is 0 Å². The summed E-state index contributed by atoms with van der Waals surface area (Å²) in [7, 11) is 0. The molecule has 0 saturated heterocycles. The Morgan fingerprint density at radius 1 is 1.03 bits per heavy atom. The quantitative estimate of drug-likeness (QED) is 0.513. The predicted octanol–water partition coefficient (Wildman–Crippen LogP) is 3.64. The van der Waals surface area contributed by atoms with Crippen LogP contribution in [-0.4, -0.2) is 20.5 Å². The molecule has 0 bridgehead atoms. The van der Waals surface area contributed by atoms with E-state index in [1.54, 1.807) is 12.1 Å². The Balaban J connectivity index is 1.75. The molecule has 0 radical (unpaired) electrons. The molecular weight excluding hydrogens is 384 g/mol. The Kier molecular flexibility index (Phi) is 4.13. The molecule has 30 heavy (non-hydrogen) atoms. The summed E-state index contributed by atoms with van der Waals surface area (Å²) in [5.41, 5.74) is 2.57. The third-order valence-corrected chi connectivity index (χ3v) is 5.66. The van der Waals surface area contributed by atoms with E-state index in [0.717, 1.165) is 12.1 Å². The Morgan fingerprint density at radius 2 is 1.83 bits per heavy atom. The topological polar surface area (TPSA) is 110 Å². The number of ketones is 1. The zero-order valence-electron chi connectivity index (χ0n) is 15.9. The predicted molar refractivity (Wildman–Crippen MR) is 111 cm³/mol. The van der Waals surface area contributed by atoms with Crippen LogP contribution < -0.4 is 10.9 Å². The van der Waals surface area contributed by atoms with Crippen LogP contribution in [0.4, 0.5) is 11.5 Å². The van der Waals surface area contributed by atoms with Crippen molar-refractivity contribution >= 4 is 17.3 Å². The summed E-state index contributed by atoms with van der Waals surface area (Å²) in [4.78, 5) is 37.2. The SMILES string of the molecule is O=C1CCCC2=C1[C@@H](c1cccc([N+](=O)[O-])c1)c1c([nH]n(-c3ccccc3)c1=O)N2. The second-order valence-corrected chi connectivity index (χ2v) is 7.46. The molecule has 5 rings (SSSR count). The standard InChI is InChI=1S/C22H18N4O4/c27-17-11-5-10-16-19(17)18(13-6-4-9-15(12-13)26(29)30)20-21(23-16)24-25(22(20)28)14-7-2-1-3-8-14/h1-4,6-9,12,18,23-24H,5,10-11H2/t18-/m1/s1. The minimum Gasteiger partial charge on any atom is -0.343 e. The molecular formula is C22H18N4O4. The number of carbonyl (C=O) groups is 1. The van der Waals surface area contributed by atoms with Crippen LogP contribution >= 0.6 is 0 Å². The minimum absolute atomic E-state index is 0.0298. The maximum Gasteiger partial charge on any atom is 0.277 e. The molecule has 2 N–H and O–H groups in total. The van der Waals surface area contributed by atoms with E-state index >= 15 is 0 Å². The fourth-order valence-corrected chi connectivity index (χ4v) is 4.35. The van der Waals surface area contributed by atoms with Gasteiger partial charge in [-0.2, -0.15) is 0 Å². The number of H-pyrrole nitrogens is 1. The van der Waals surface area contributed by atoms with Gasteiger partial charge >= 0.3 is 0 Å². The first-order valence-corrected chi connectivity index (χ1v) is 9.72. The molecule has 0 saturated carbocycles. The molecule has 1 atom stereocenters. The smallest absolute Gasteiger partial charge is 0.277 e. The van der Waals surface area contributed by atoms with E-state index in [0.29, 0.717) is 41.0 Å². The first-order chi connectivity index (χ1) is 14.5. The molecule has 3 aromatic rings. The third-order valence-electron chi connectivity index (χ3n) is 5.66. The average molecular weight is 402 g/mol. The number of carbonyl (C=O) groups excluding carboxylic acids is 1. The molecule has 2 aliphatic rings. The molecule has 0 spiro atoms. The molecule has 0 unspecified atom stereocenters. The lowest BCUT2D eigenvalue weighted by Crippen LogP contribution is -2.29. The van der Waals surface area contributed by atoms with Gasteiger partial charge in [0.1, 0.15) is 5.82 Å². The summed E-state index contributed by atoms with van der Waals surface area (Å²) in [6.45, 7) is 0. The Hall–Kier alpha value is -3.94. The highest BCUT2D eigenvalue weighted by atomic mass is 16.6. The van der Waals surface area contributed by atoms with Gasteiger partial charge in [0, 0.05) is 35.7 Å². The Morgan fingerprint density at radius 3 is 2.60 bits per heavy atom. The molecule has 1 aliphatic carbocycles. The Labute approximate surface area is 171 Å². The fourth-order valence-electron chi connectivity index (χ4n) is 4.35. The summed E-state index contributed by atoms with van der Waals surface area (Å²) in [6, 6.07) is 15.3. The van der Waals surface area contributed by atoms with E-state index in [1.807, 2.05) is 30.3 Å². The van der Waals surface area contributed by atoms with Crippen molar-refractivity contribution in [1.29, 1.82) is 0 Å². The lowest BCUT2D eigenvalue weighted by atomic mass is 9.77. The van der Waals surface area contributed by atoms with E-state index in [4.69, 9.17) is 0 Å². The number of nitrogens with zero attached hydrogens (tertiary/aromatic N) is 2. The number of nitro groups is 1. The molecule has 2 heterocycles. The summed E-state index contributed by atoms with van der Waals surface area (Å²) in [5.74, 6) is -0.163. The van der Waals surface area contributed by atoms with Gasteiger partial charge in [0.05, 0.1) is 16.2 Å². The molecule has 8 heteroatoms. The van der Waals surface area contributed by atoms with Crippen LogP contribution in [0.25, 0.3) is 5.69 Å². The van der Waals surface area contributed by atoms with Crippen LogP contribution in [0.5, 0.6) is 0 Å². The van der Waals surface area contributed by atoms with Gasteiger partial charge in [-0.3, -0.25) is 24.8 Å². The largest absolute Gasteiger partial charge is 0.343 e. The van der Waals surface area contributed by atoms with Crippen LogP contribution in [0.2, 0.25) is 0 Å². The zero-order valence-corrected chi connectivity index (χ0v) is 15.9. The van der Waals surface area contributed by atoms with Gasteiger partial charge in [-0.15, -0.1) is 0 Å². The molecule has 150 valence electrons. The minimum atomic E-state index is -0.655. The average Bonchev–Trinajstić information content (AvgIpc) is 3.09. The maximum atomic E-state index is 13.4. The van der Waals surface area contributed by atoms with Gasteiger partial charge in [-0.05, 0) is 30.5 Å². The van der Waals surface area contributed by atoms with E-state index in [2.05, 4.69) is 10.4 Å². The maximum absolute atomic E-state index is 13.4. The monoisotopic (exact) mass is 402 g/mol. The number of anilines is 1. The van der Waals surface area contributed by atoms with E-state index in [1.165, 1.54) is 16.8 Å². The number of nitrogens with one attached hydrogen (secondary N) is 2.